The summed E-state index contributed by atoms with van der Waals surface area (Å²) in [6.45, 7) is 2.25. The summed E-state index contributed by atoms with van der Waals surface area (Å²) in [5.74, 6) is 0.237. The topological polar surface area (TPSA) is 73.9 Å². The smallest absolute Gasteiger partial charge is 0.336 e. The van der Waals surface area contributed by atoms with E-state index in [4.69, 9.17) is 14.2 Å². The van der Waals surface area contributed by atoms with Crippen molar-refractivity contribution in [1.29, 1.82) is 0 Å². The first-order chi connectivity index (χ1) is 15.5. The molecule has 1 atom stereocenters. The molecule has 166 valence electrons. The highest BCUT2D eigenvalue weighted by Crippen LogP contribution is 2.44. The van der Waals surface area contributed by atoms with Crippen LogP contribution in [0.3, 0.4) is 0 Å². The number of carbonyl (C=O) groups excluding carboxylic acids is 2. The number of methoxy groups -OCH3 is 2. The van der Waals surface area contributed by atoms with Crippen LogP contribution in [-0.2, 0) is 20.9 Å². The highest BCUT2D eigenvalue weighted by Gasteiger charge is 2.39. The summed E-state index contributed by atoms with van der Waals surface area (Å²) in [4.78, 5) is 25.6. The van der Waals surface area contributed by atoms with Crippen LogP contribution < -0.4 is 14.8 Å². The zero-order valence-electron chi connectivity index (χ0n) is 18.6. The number of allylic oxidation sites excluding steroid dienone is 3. The lowest BCUT2D eigenvalue weighted by atomic mass is 9.75. The number of Topliss-reactive ketones (excluding diaryl/α,β-unsaturated/α-hetero) is 1. The average molecular weight is 434 g/mol. The number of ketones is 1. The third kappa shape index (κ3) is 4.13. The van der Waals surface area contributed by atoms with Crippen molar-refractivity contribution < 1.29 is 23.8 Å². The largest absolute Gasteiger partial charge is 0.493 e. The van der Waals surface area contributed by atoms with Crippen LogP contribution in [0.1, 0.15) is 43.2 Å². The fourth-order valence-electron chi connectivity index (χ4n) is 4.42. The molecule has 0 saturated carbocycles. The molecule has 0 bridgehead atoms. The van der Waals surface area contributed by atoms with Gasteiger partial charge in [0.2, 0.25) is 0 Å². The molecule has 1 N–H and O–H groups in total. The van der Waals surface area contributed by atoms with Gasteiger partial charge in [-0.25, -0.2) is 4.79 Å². The van der Waals surface area contributed by atoms with E-state index in [1.807, 2.05) is 55.5 Å². The average Bonchev–Trinajstić information content (AvgIpc) is 2.82. The highest BCUT2D eigenvalue weighted by molar-refractivity contribution is 6.03. The molecule has 2 aromatic carbocycles. The molecule has 0 radical (unpaired) electrons. The van der Waals surface area contributed by atoms with Gasteiger partial charge in [-0.1, -0.05) is 36.4 Å². The molecule has 6 heteroatoms. The van der Waals surface area contributed by atoms with Gasteiger partial charge in [-0.05, 0) is 43.0 Å². The number of nitrogens with one attached hydrogen (secondary N) is 1. The molecule has 6 nitrogen and oxygen atoms in total. The summed E-state index contributed by atoms with van der Waals surface area (Å²) in [7, 11) is 2.93. The van der Waals surface area contributed by atoms with Gasteiger partial charge < -0.3 is 19.5 Å². The summed E-state index contributed by atoms with van der Waals surface area (Å²) in [5.41, 5.74) is 4.52. The Balaban J connectivity index is 1.73. The summed E-state index contributed by atoms with van der Waals surface area (Å²) < 4.78 is 16.7. The fourth-order valence-corrected chi connectivity index (χ4v) is 4.42. The highest BCUT2D eigenvalue weighted by atomic mass is 16.5. The molecule has 2 aliphatic rings. The summed E-state index contributed by atoms with van der Waals surface area (Å²) >= 11 is 0. The number of hydrogen-bond donors (Lipinski definition) is 1. The lowest BCUT2D eigenvalue weighted by molar-refractivity contribution is -0.136. The van der Waals surface area contributed by atoms with Gasteiger partial charge >= 0.3 is 5.97 Å². The van der Waals surface area contributed by atoms with E-state index in [1.165, 1.54) is 7.11 Å². The maximum atomic E-state index is 12.9. The minimum atomic E-state index is -0.511. The maximum absolute atomic E-state index is 12.9. The van der Waals surface area contributed by atoms with Crippen LogP contribution in [0.2, 0.25) is 0 Å². The van der Waals surface area contributed by atoms with Crippen molar-refractivity contribution in [3.63, 3.8) is 0 Å². The third-order valence-corrected chi connectivity index (χ3v) is 5.94. The van der Waals surface area contributed by atoms with E-state index in [1.54, 1.807) is 7.11 Å². The maximum Gasteiger partial charge on any atom is 0.336 e. The Bertz CT molecular complexity index is 1100. The zero-order valence-corrected chi connectivity index (χ0v) is 18.6. The number of carbonyl (C=O) groups is 2. The standard InChI is InChI=1S/C26H27NO5/c1-16-23(26(29)31-3)24(25-19(27-16)10-7-11-20(25)28)18-12-13-21(22(14-18)30-2)32-15-17-8-5-4-6-9-17/h4-6,8-9,12-14,24,27H,7,10-11,15H2,1-3H3/t24-/m0/s1. The first-order valence-electron chi connectivity index (χ1n) is 10.7. The molecule has 4 rings (SSSR count). The van der Waals surface area contributed by atoms with Crippen LogP contribution in [0.5, 0.6) is 11.5 Å². The number of rotatable bonds is 6. The second-order valence-electron chi connectivity index (χ2n) is 7.94. The van der Waals surface area contributed by atoms with Gasteiger partial charge in [0.1, 0.15) is 6.61 Å². The van der Waals surface area contributed by atoms with Crippen molar-refractivity contribution in [2.24, 2.45) is 0 Å². The molecular weight excluding hydrogens is 406 g/mol. The normalized spacial score (nSPS) is 18.1. The van der Waals surface area contributed by atoms with Crippen LogP contribution >= 0.6 is 0 Å². The van der Waals surface area contributed by atoms with Crippen LogP contribution in [0.15, 0.2) is 71.1 Å². The Labute approximate surface area is 187 Å². The Morgan fingerprint density at radius 2 is 1.84 bits per heavy atom. The Hall–Kier alpha value is -3.54. The molecule has 0 saturated heterocycles. The Morgan fingerprint density at radius 1 is 1.06 bits per heavy atom. The molecule has 1 aliphatic heterocycles. The van der Waals surface area contributed by atoms with Crippen molar-refractivity contribution in [2.75, 3.05) is 14.2 Å². The molecule has 0 aromatic heterocycles. The summed E-state index contributed by atoms with van der Waals surface area (Å²) in [6, 6.07) is 15.4. The van der Waals surface area contributed by atoms with E-state index in [2.05, 4.69) is 5.32 Å². The molecule has 1 heterocycles. The van der Waals surface area contributed by atoms with Gasteiger partial charge in [-0.2, -0.15) is 0 Å². The van der Waals surface area contributed by atoms with Gasteiger partial charge in [0.05, 0.1) is 19.8 Å². The predicted molar refractivity (Wildman–Crippen MR) is 120 cm³/mol. The van der Waals surface area contributed by atoms with Crippen LogP contribution in [0.25, 0.3) is 0 Å². The van der Waals surface area contributed by atoms with E-state index >= 15 is 0 Å². The van der Waals surface area contributed by atoms with Gasteiger partial charge in [-0.15, -0.1) is 0 Å². The minimum Gasteiger partial charge on any atom is -0.493 e. The number of dihydropyridines is 1. The Kier molecular flexibility index (Phi) is 6.30. The van der Waals surface area contributed by atoms with E-state index in [0.717, 1.165) is 29.7 Å². The minimum absolute atomic E-state index is 0.0565. The van der Waals surface area contributed by atoms with Crippen LogP contribution in [0, 0.1) is 0 Å². The van der Waals surface area contributed by atoms with E-state index < -0.39 is 11.9 Å². The zero-order chi connectivity index (χ0) is 22.7. The number of esters is 1. The number of ether oxygens (including phenoxy) is 3. The monoisotopic (exact) mass is 433 g/mol. The van der Waals surface area contributed by atoms with Gasteiger partial charge in [0.25, 0.3) is 0 Å². The molecule has 32 heavy (non-hydrogen) atoms. The first kappa shape index (κ1) is 21.7. The second kappa shape index (κ2) is 9.30. The van der Waals surface area contributed by atoms with Crippen molar-refractivity contribution in [1.82, 2.24) is 5.32 Å². The van der Waals surface area contributed by atoms with Gasteiger partial charge in [0.15, 0.2) is 17.3 Å². The van der Waals surface area contributed by atoms with Crippen LogP contribution in [0.4, 0.5) is 0 Å². The molecule has 0 spiro atoms. The third-order valence-electron chi connectivity index (χ3n) is 5.94. The quantitative estimate of drug-likeness (QED) is 0.680. The van der Waals surface area contributed by atoms with Crippen molar-refractivity contribution in [3.8, 4) is 11.5 Å². The van der Waals surface area contributed by atoms with Crippen molar-refractivity contribution in [2.45, 2.75) is 38.7 Å². The summed E-state index contributed by atoms with van der Waals surface area (Å²) in [5, 5.41) is 3.27. The van der Waals surface area contributed by atoms with E-state index in [-0.39, 0.29) is 5.78 Å². The van der Waals surface area contributed by atoms with Crippen molar-refractivity contribution in [3.05, 3.63) is 82.2 Å². The first-order valence-corrected chi connectivity index (χ1v) is 10.7. The van der Waals surface area contributed by atoms with Crippen LogP contribution in [-0.4, -0.2) is 26.0 Å². The molecule has 2 aromatic rings. The number of hydrogen-bond acceptors (Lipinski definition) is 6. The lowest BCUT2D eigenvalue weighted by Crippen LogP contribution is -2.34. The molecule has 0 unspecified atom stereocenters. The second-order valence-corrected chi connectivity index (χ2v) is 7.94. The fraction of sp³-hybridized carbons (Fsp3) is 0.308. The van der Waals surface area contributed by atoms with Gasteiger partial charge in [0, 0.05) is 29.3 Å². The summed E-state index contributed by atoms with van der Waals surface area (Å²) in [6.07, 6.45) is 2.05. The van der Waals surface area contributed by atoms with Crippen molar-refractivity contribution >= 4 is 11.8 Å². The van der Waals surface area contributed by atoms with E-state index in [9.17, 15) is 9.59 Å². The number of benzene rings is 2. The van der Waals surface area contributed by atoms with E-state index in [0.29, 0.717) is 41.4 Å². The Morgan fingerprint density at radius 3 is 2.56 bits per heavy atom. The predicted octanol–water partition coefficient (Wildman–Crippen LogP) is 4.42. The molecular formula is C26H27NO5. The van der Waals surface area contributed by atoms with Gasteiger partial charge in [-0.3, -0.25) is 4.79 Å². The molecule has 0 fully saturated rings. The SMILES string of the molecule is COC(=O)C1=C(C)NC2=C(C(=O)CCC2)[C@H]1c1ccc(OCc2ccccc2)c(OC)c1. The lowest BCUT2D eigenvalue weighted by Gasteiger charge is -2.34. The molecule has 1 aliphatic carbocycles. The molecule has 0 amide bonds.